The van der Waals surface area contributed by atoms with E-state index >= 15 is 0 Å². The lowest BCUT2D eigenvalue weighted by Crippen LogP contribution is -2.30. The van der Waals surface area contributed by atoms with Crippen molar-refractivity contribution >= 4 is 21.4 Å². The maximum atomic E-state index is 13.3. The molecule has 6 heteroatoms. The van der Waals surface area contributed by atoms with Gasteiger partial charge in [-0.2, -0.15) is 5.10 Å². The number of nitrogens with one attached hydrogen (secondary N) is 1. The summed E-state index contributed by atoms with van der Waals surface area (Å²) in [4.78, 5) is 1.04. The lowest BCUT2D eigenvalue weighted by molar-refractivity contribution is 0.579. The Balaban J connectivity index is 2.12. The van der Waals surface area contributed by atoms with Crippen molar-refractivity contribution in [3.05, 3.63) is 52.4 Å². The van der Waals surface area contributed by atoms with Gasteiger partial charge in [-0.15, -0.1) is 11.3 Å². The second-order valence-electron chi connectivity index (χ2n) is 4.77. The first-order valence-corrected chi connectivity index (χ1v) is 7.05. The molecule has 0 saturated carbocycles. The number of hydrazine groups is 1. The number of thiophene rings is 1. The highest BCUT2D eigenvalue weighted by Gasteiger charge is 2.21. The van der Waals surface area contributed by atoms with Crippen molar-refractivity contribution in [1.29, 1.82) is 0 Å². The normalized spacial score (nSPS) is 13.0. The van der Waals surface area contributed by atoms with Crippen molar-refractivity contribution < 1.29 is 4.39 Å². The molecule has 0 spiro atoms. The first kappa shape index (κ1) is 13.2. The fourth-order valence-corrected chi connectivity index (χ4v) is 3.59. The second kappa shape index (κ2) is 4.97. The Bertz CT molecular complexity index is 742. The van der Waals surface area contributed by atoms with E-state index in [4.69, 9.17) is 5.84 Å². The van der Waals surface area contributed by atoms with Gasteiger partial charge < -0.3 is 0 Å². The summed E-state index contributed by atoms with van der Waals surface area (Å²) in [6.45, 7) is 2.00. The molecule has 4 nitrogen and oxygen atoms in total. The molecule has 3 N–H and O–H groups in total. The number of aromatic nitrogens is 2. The first-order chi connectivity index (χ1) is 9.60. The maximum Gasteiger partial charge on any atom is 0.124 e. The molecule has 1 atom stereocenters. The first-order valence-electron chi connectivity index (χ1n) is 6.24. The highest BCUT2D eigenvalue weighted by atomic mass is 32.1. The molecule has 0 aliphatic heterocycles. The van der Waals surface area contributed by atoms with Gasteiger partial charge in [0.05, 0.1) is 17.9 Å². The van der Waals surface area contributed by atoms with Crippen molar-refractivity contribution in [1.82, 2.24) is 15.2 Å². The van der Waals surface area contributed by atoms with Crippen LogP contribution < -0.4 is 11.3 Å². The number of nitrogens with zero attached hydrogens (tertiary/aromatic N) is 2. The zero-order chi connectivity index (χ0) is 14.3. The van der Waals surface area contributed by atoms with E-state index in [2.05, 4.69) is 10.5 Å². The second-order valence-corrected chi connectivity index (χ2v) is 5.88. The number of halogens is 1. The highest BCUT2D eigenvalue weighted by Crippen LogP contribution is 2.34. The molecule has 2 heterocycles. The molecule has 1 unspecified atom stereocenters. The molecule has 104 valence electrons. The van der Waals surface area contributed by atoms with E-state index in [9.17, 15) is 4.39 Å². The van der Waals surface area contributed by atoms with E-state index in [1.54, 1.807) is 12.1 Å². The molecule has 0 radical (unpaired) electrons. The van der Waals surface area contributed by atoms with Gasteiger partial charge in [0, 0.05) is 16.6 Å². The Labute approximate surface area is 120 Å². The number of benzene rings is 1. The van der Waals surface area contributed by atoms with Crippen LogP contribution in [0.3, 0.4) is 0 Å². The van der Waals surface area contributed by atoms with Crippen LogP contribution in [0.5, 0.6) is 0 Å². The average molecular weight is 290 g/mol. The molecule has 0 aliphatic rings. The number of rotatable bonds is 3. The van der Waals surface area contributed by atoms with E-state index in [0.717, 1.165) is 26.2 Å². The number of aryl methyl sites for hydroxylation is 2. The van der Waals surface area contributed by atoms with Gasteiger partial charge in [0.2, 0.25) is 0 Å². The lowest BCUT2D eigenvalue weighted by Gasteiger charge is -2.15. The molecule has 3 rings (SSSR count). The topological polar surface area (TPSA) is 55.9 Å². The predicted molar refractivity (Wildman–Crippen MR) is 78.9 cm³/mol. The van der Waals surface area contributed by atoms with Gasteiger partial charge in [0.25, 0.3) is 0 Å². The fourth-order valence-electron chi connectivity index (χ4n) is 2.43. The third kappa shape index (κ3) is 2.11. The molecule has 0 fully saturated rings. The Morgan fingerprint density at radius 3 is 2.85 bits per heavy atom. The van der Waals surface area contributed by atoms with Crippen LogP contribution in [0.1, 0.15) is 22.2 Å². The van der Waals surface area contributed by atoms with E-state index in [1.165, 1.54) is 17.4 Å². The molecular weight excluding hydrogens is 275 g/mol. The van der Waals surface area contributed by atoms with Gasteiger partial charge in [-0.25, -0.2) is 9.82 Å². The minimum atomic E-state index is -0.222. The summed E-state index contributed by atoms with van der Waals surface area (Å²) in [7, 11) is 1.89. The zero-order valence-corrected chi connectivity index (χ0v) is 12.0. The van der Waals surface area contributed by atoms with Crippen LogP contribution in [0.4, 0.5) is 4.39 Å². The fraction of sp³-hybridized carbons (Fsp3) is 0.214. The SMILES string of the molecule is Cc1cnn(C)c1C(NN)c1cc2ccc(F)cc2s1. The van der Waals surface area contributed by atoms with E-state index in [-0.39, 0.29) is 11.9 Å². The van der Waals surface area contributed by atoms with E-state index in [0.29, 0.717) is 0 Å². The minimum Gasteiger partial charge on any atom is -0.270 e. The summed E-state index contributed by atoms with van der Waals surface area (Å²) in [5, 5.41) is 5.26. The molecule has 0 saturated heterocycles. The minimum absolute atomic E-state index is 0.150. The predicted octanol–water partition coefficient (Wildman–Crippen LogP) is 2.64. The summed E-state index contributed by atoms with van der Waals surface area (Å²) in [6.07, 6.45) is 1.81. The zero-order valence-electron chi connectivity index (χ0n) is 11.2. The molecule has 20 heavy (non-hydrogen) atoms. The van der Waals surface area contributed by atoms with Gasteiger partial charge in [-0.1, -0.05) is 6.07 Å². The van der Waals surface area contributed by atoms with E-state index in [1.807, 2.05) is 30.9 Å². The molecule has 3 aromatic rings. The van der Waals surface area contributed by atoms with Crippen molar-refractivity contribution in [2.75, 3.05) is 0 Å². The maximum absolute atomic E-state index is 13.3. The van der Waals surface area contributed by atoms with Crippen molar-refractivity contribution in [3.8, 4) is 0 Å². The smallest absolute Gasteiger partial charge is 0.124 e. The van der Waals surface area contributed by atoms with Crippen LogP contribution in [-0.4, -0.2) is 9.78 Å². The van der Waals surface area contributed by atoms with Crippen molar-refractivity contribution in [2.24, 2.45) is 12.9 Å². The van der Waals surface area contributed by atoms with Gasteiger partial charge in [0.15, 0.2) is 0 Å². The van der Waals surface area contributed by atoms with Gasteiger partial charge >= 0.3 is 0 Å². The Hall–Kier alpha value is -1.76. The highest BCUT2D eigenvalue weighted by molar-refractivity contribution is 7.19. The van der Waals surface area contributed by atoms with Crippen LogP contribution >= 0.6 is 11.3 Å². The number of hydrogen-bond acceptors (Lipinski definition) is 4. The van der Waals surface area contributed by atoms with Crippen LogP contribution in [0.15, 0.2) is 30.5 Å². The quantitative estimate of drug-likeness (QED) is 0.576. The van der Waals surface area contributed by atoms with Crippen LogP contribution in [0.25, 0.3) is 10.1 Å². The monoisotopic (exact) mass is 290 g/mol. The Kier molecular flexibility index (Phi) is 3.29. The van der Waals surface area contributed by atoms with Gasteiger partial charge in [-0.05, 0) is 36.1 Å². The third-order valence-electron chi connectivity index (χ3n) is 3.40. The van der Waals surface area contributed by atoms with Crippen LogP contribution in [-0.2, 0) is 7.05 Å². The number of nitrogens with two attached hydrogens (primary N) is 1. The van der Waals surface area contributed by atoms with Crippen LogP contribution in [0.2, 0.25) is 0 Å². The molecular formula is C14H15FN4S. The van der Waals surface area contributed by atoms with Gasteiger partial charge in [0.1, 0.15) is 5.82 Å². The summed E-state index contributed by atoms with van der Waals surface area (Å²) in [5.41, 5.74) is 4.92. The van der Waals surface area contributed by atoms with Crippen molar-refractivity contribution in [3.63, 3.8) is 0 Å². The average Bonchev–Trinajstić information content (AvgIpc) is 2.97. The Morgan fingerprint density at radius 1 is 1.40 bits per heavy atom. The lowest BCUT2D eigenvalue weighted by atomic mass is 10.1. The van der Waals surface area contributed by atoms with Crippen LogP contribution in [0, 0.1) is 12.7 Å². The van der Waals surface area contributed by atoms with Crippen molar-refractivity contribution in [2.45, 2.75) is 13.0 Å². The molecule has 0 bridgehead atoms. The van der Waals surface area contributed by atoms with E-state index < -0.39 is 0 Å². The standard InChI is InChI=1S/C14H15FN4S/c1-8-7-17-19(2)14(8)13(18-16)12-5-9-3-4-10(15)6-11(9)20-12/h3-7,13,18H,16H2,1-2H3. The molecule has 2 aromatic heterocycles. The summed E-state index contributed by atoms with van der Waals surface area (Å²) in [5.74, 6) is 5.50. The largest absolute Gasteiger partial charge is 0.270 e. The molecule has 1 aromatic carbocycles. The Morgan fingerprint density at radius 2 is 2.20 bits per heavy atom. The summed E-state index contributed by atoms with van der Waals surface area (Å²) < 4.78 is 16.0. The van der Waals surface area contributed by atoms with Gasteiger partial charge in [-0.3, -0.25) is 10.5 Å². The number of fused-ring (bicyclic) bond motifs is 1. The molecule has 0 aliphatic carbocycles. The number of hydrogen-bond donors (Lipinski definition) is 2. The summed E-state index contributed by atoms with van der Waals surface area (Å²) >= 11 is 1.54. The summed E-state index contributed by atoms with van der Waals surface area (Å²) in [6, 6.07) is 6.69. The third-order valence-corrected chi connectivity index (χ3v) is 4.57. The molecule has 0 amide bonds.